The number of nitrogen functional groups attached to an aromatic ring is 1. The van der Waals surface area contributed by atoms with Crippen molar-refractivity contribution in [2.24, 2.45) is 0 Å². The second-order valence-corrected chi connectivity index (χ2v) is 11.7. The third-order valence-corrected chi connectivity index (χ3v) is 8.12. The molecule has 1 saturated heterocycles. The first-order valence-corrected chi connectivity index (χ1v) is 13.7. The van der Waals surface area contributed by atoms with Crippen LogP contribution >= 0.6 is 31.1 Å². The van der Waals surface area contributed by atoms with Crippen molar-refractivity contribution in [2.45, 2.75) is 39.0 Å². The Kier molecular flexibility index (Phi) is 9.09. The highest BCUT2D eigenvalue weighted by atomic mass is 32.2. The van der Waals surface area contributed by atoms with Crippen molar-refractivity contribution in [3.8, 4) is 0 Å². The highest BCUT2D eigenvalue weighted by Gasteiger charge is 2.36. The lowest BCUT2D eigenvalue weighted by atomic mass is 10.2. The van der Waals surface area contributed by atoms with E-state index in [0.29, 0.717) is 41.3 Å². The smallest absolute Gasteiger partial charge is 0.333 e. The molecule has 1 aliphatic heterocycles. The third-order valence-electron chi connectivity index (χ3n) is 4.56. The largest absolute Gasteiger partial charge is 0.382 e. The molecule has 2 atom stereocenters. The van der Waals surface area contributed by atoms with Crippen LogP contribution in [0.3, 0.4) is 0 Å². The summed E-state index contributed by atoms with van der Waals surface area (Å²) in [4.78, 5) is 34.7. The number of fused-ring (bicyclic) bond motifs is 1. The molecule has 0 radical (unpaired) electrons. The molecule has 3 heterocycles. The number of thioether (sulfide) groups is 2. The number of nitrogens with zero attached hydrogens (tertiary/aromatic N) is 4. The second kappa shape index (κ2) is 11.6. The summed E-state index contributed by atoms with van der Waals surface area (Å²) in [6.07, 6.45) is 3.66. The number of carbonyl (C=O) groups excluding carboxylic acids is 2. The van der Waals surface area contributed by atoms with Gasteiger partial charge >= 0.3 is 7.60 Å². The van der Waals surface area contributed by atoms with Gasteiger partial charge in [0.1, 0.15) is 18.1 Å². The van der Waals surface area contributed by atoms with Crippen LogP contribution < -0.4 is 5.73 Å². The lowest BCUT2D eigenvalue weighted by Crippen LogP contribution is -2.18. The van der Waals surface area contributed by atoms with Crippen LogP contribution in [0, 0.1) is 0 Å². The summed E-state index contributed by atoms with van der Waals surface area (Å²) in [7, 11) is -3.49. The molecule has 2 aromatic heterocycles. The third kappa shape index (κ3) is 7.00. The number of anilines is 1. The molecular weight excluding hydrogens is 477 g/mol. The lowest BCUT2D eigenvalue weighted by Gasteiger charge is -2.22. The number of hydrogen-bond donors (Lipinski definition) is 1. The van der Waals surface area contributed by atoms with Crippen molar-refractivity contribution >= 4 is 58.3 Å². The molecule has 14 heteroatoms. The molecule has 2 aromatic rings. The molecule has 0 bridgehead atoms. The molecule has 0 amide bonds. The molecule has 3 rings (SSSR count). The highest BCUT2D eigenvalue weighted by molar-refractivity contribution is 8.13. The molecule has 0 aromatic carbocycles. The zero-order chi connectivity index (χ0) is 23.1. The van der Waals surface area contributed by atoms with Gasteiger partial charge in [-0.15, -0.1) is 0 Å². The number of nitrogens with two attached hydrogens (primary N) is 1. The van der Waals surface area contributed by atoms with Crippen LogP contribution in [0.1, 0.15) is 32.9 Å². The first kappa shape index (κ1) is 25.1. The minimum Gasteiger partial charge on any atom is -0.382 e. The molecule has 0 saturated carbocycles. The van der Waals surface area contributed by atoms with Crippen LogP contribution in [-0.4, -0.2) is 66.7 Å². The molecule has 32 heavy (non-hydrogen) atoms. The van der Waals surface area contributed by atoms with E-state index < -0.39 is 7.60 Å². The molecular formula is C18H26N5O6PS2. The second-order valence-electron chi connectivity index (χ2n) is 7.01. The number of imidazole rings is 1. The summed E-state index contributed by atoms with van der Waals surface area (Å²) < 4.78 is 32.4. The molecule has 1 fully saturated rings. The zero-order valence-corrected chi connectivity index (χ0v) is 20.4. The standard InChI is InChI=1S/C18H26N5O6PS2/c1-12(24)31-7-5-27-30(26,28-6-8-32-13(2)25)9-14-3-4-15(29-14)23-11-22-16-17(19)20-10-21-18(16)23/h10-11,14-15H,3-9H2,1-2H3,(H2,19,20,21)/t14-,15+/m0/s1. The minimum atomic E-state index is -3.49. The van der Waals surface area contributed by atoms with Gasteiger partial charge in [-0.3, -0.25) is 18.7 Å². The fraction of sp³-hybridized carbons (Fsp3) is 0.611. The SMILES string of the molecule is CC(=O)SCCOP(=O)(C[C@@H]1CC[C@H](n2cnc3c(N)ncnc32)O1)OCCSC(C)=O. The van der Waals surface area contributed by atoms with E-state index in [1.807, 2.05) is 0 Å². The number of rotatable bonds is 11. The number of hydrogen-bond acceptors (Lipinski definition) is 12. The Morgan fingerprint density at radius 3 is 2.44 bits per heavy atom. The monoisotopic (exact) mass is 503 g/mol. The Bertz CT molecular complexity index is 979. The summed E-state index contributed by atoms with van der Waals surface area (Å²) in [5.74, 6) is 1.05. The average Bonchev–Trinajstić information content (AvgIpc) is 3.36. The van der Waals surface area contributed by atoms with Gasteiger partial charge in [-0.25, -0.2) is 15.0 Å². The molecule has 2 N–H and O–H groups in total. The molecule has 0 aliphatic carbocycles. The van der Waals surface area contributed by atoms with E-state index in [9.17, 15) is 14.2 Å². The predicted molar refractivity (Wildman–Crippen MR) is 124 cm³/mol. The van der Waals surface area contributed by atoms with Crippen molar-refractivity contribution < 1.29 is 27.9 Å². The van der Waals surface area contributed by atoms with E-state index in [-0.39, 0.29) is 41.9 Å². The Morgan fingerprint density at radius 2 is 1.81 bits per heavy atom. The topological polar surface area (TPSA) is 149 Å². The molecule has 11 nitrogen and oxygen atoms in total. The Hall–Kier alpha value is -1.50. The summed E-state index contributed by atoms with van der Waals surface area (Å²) in [5.41, 5.74) is 6.92. The van der Waals surface area contributed by atoms with Crippen molar-refractivity contribution in [3.63, 3.8) is 0 Å². The fourth-order valence-electron chi connectivity index (χ4n) is 3.22. The summed E-state index contributed by atoms with van der Waals surface area (Å²) in [5, 5.41) is -0.0811. The molecule has 0 unspecified atom stereocenters. The lowest BCUT2D eigenvalue weighted by molar-refractivity contribution is -0.109. The van der Waals surface area contributed by atoms with Gasteiger partial charge in [-0.05, 0) is 12.8 Å². The molecule has 0 spiro atoms. The van der Waals surface area contributed by atoms with Gasteiger partial charge < -0.3 is 19.5 Å². The maximum atomic E-state index is 13.3. The first-order chi connectivity index (χ1) is 15.3. The number of aromatic nitrogens is 4. The van der Waals surface area contributed by atoms with Crippen LogP contribution in [-0.2, 0) is 27.9 Å². The normalized spacial score (nSPS) is 18.9. The van der Waals surface area contributed by atoms with Gasteiger partial charge in [0.2, 0.25) is 0 Å². The summed E-state index contributed by atoms with van der Waals surface area (Å²) in [6, 6.07) is 0. The van der Waals surface area contributed by atoms with Gasteiger partial charge in [-0.2, -0.15) is 0 Å². The zero-order valence-electron chi connectivity index (χ0n) is 17.8. The van der Waals surface area contributed by atoms with Crippen molar-refractivity contribution in [1.29, 1.82) is 0 Å². The number of ether oxygens (including phenoxy) is 1. The van der Waals surface area contributed by atoms with Gasteiger partial charge in [0.05, 0.1) is 31.8 Å². The van der Waals surface area contributed by atoms with E-state index in [1.54, 1.807) is 10.9 Å². The van der Waals surface area contributed by atoms with E-state index >= 15 is 0 Å². The van der Waals surface area contributed by atoms with Gasteiger partial charge in [-0.1, -0.05) is 23.5 Å². The van der Waals surface area contributed by atoms with Gasteiger partial charge in [0.15, 0.2) is 21.7 Å². The van der Waals surface area contributed by atoms with Crippen LogP contribution in [0.15, 0.2) is 12.7 Å². The van der Waals surface area contributed by atoms with Crippen molar-refractivity contribution in [3.05, 3.63) is 12.7 Å². The van der Waals surface area contributed by atoms with E-state index in [4.69, 9.17) is 19.5 Å². The summed E-state index contributed by atoms with van der Waals surface area (Å²) >= 11 is 2.19. The van der Waals surface area contributed by atoms with Crippen LogP contribution in [0.5, 0.6) is 0 Å². The van der Waals surface area contributed by atoms with Crippen LogP contribution in [0.25, 0.3) is 11.2 Å². The average molecular weight is 504 g/mol. The van der Waals surface area contributed by atoms with E-state index in [0.717, 1.165) is 23.5 Å². The van der Waals surface area contributed by atoms with Crippen molar-refractivity contribution in [1.82, 2.24) is 19.5 Å². The van der Waals surface area contributed by atoms with Gasteiger partial charge in [0.25, 0.3) is 0 Å². The maximum absolute atomic E-state index is 13.3. The number of carbonyl (C=O) groups is 2. The Morgan fingerprint density at radius 1 is 1.16 bits per heavy atom. The van der Waals surface area contributed by atoms with Crippen LogP contribution in [0.2, 0.25) is 0 Å². The summed E-state index contributed by atoms with van der Waals surface area (Å²) in [6.45, 7) is 3.15. The van der Waals surface area contributed by atoms with E-state index in [2.05, 4.69) is 15.0 Å². The first-order valence-electron chi connectivity index (χ1n) is 10.0. The fourth-order valence-corrected chi connectivity index (χ4v) is 6.17. The Balaban J connectivity index is 1.61. The van der Waals surface area contributed by atoms with E-state index in [1.165, 1.54) is 20.2 Å². The Labute approximate surface area is 194 Å². The predicted octanol–water partition coefficient (Wildman–Crippen LogP) is 2.87. The minimum absolute atomic E-state index is 0.0406. The maximum Gasteiger partial charge on any atom is 0.333 e. The van der Waals surface area contributed by atoms with Crippen molar-refractivity contribution in [2.75, 3.05) is 36.6 Å². The van der Waals surface area contributed by atoms with Crippen LogP contribution in [0.4, 0.5) is 5.82 Å². The molecule has 176 valence electrons. The highest BCUT2D eigenvalue weighted by Crippen LogP contribution is 2.51. The van der Waals surface area contributed by atoms with Gasteiger partial charge in [0, 0.05) is 25.4 Å². The molecule has 1 aliphatic rings. The quantitative estimate of drug-likeness (QED) is 0.355.